The van der Waals surface area contributed by atoms with Gasteiger partial charge in [-0.25, -0.2) is 4.39 Å². The molecule has 0 fully saturated rings. The number of nitriles is 1. The fourth-order valence-electron chi connectivity index (χ4n) is 1.85. The van der Waals surface area contributed by atoms with Gasteiger partial charge in [0.25, 0.3) is 0 Å². The third kappa shape index (κ3) is 3.57. The minimum atomic E-state index is -0.494. The number of benzene rings is 2. The van der Waals surface area contributed by atoms with Crippen LogP contribution < -0.4 is 10.1 Å². The van der Waals surface area contributed by atoms with Crippen molar-refractivity contribution in [2.75, 3.05) is 12.4 Å². The first-order valence-electron chi connectivity index (χ1n) is 6.00. The Morgan fingerprint density at radius 3 is 2.48 bits per heavy atom. The monoisotopic (exact) mass is 324 g/mol. The van der Waals surface area contributed by atoms with Gasteiger partial charge in [-0.2, -0.15) is 5.26 Å². The number of nitrogens with zero attached hydrogens (tertiary/aromatic N) is 1. The molecule has 108 valence electrons. The van der Waals surface area contributed by atoms with Crippen LogP contribution in [0.5, 0.6) is 5.75 Å². The van der Waals surface area contributed by atoms with Crippen molar-refractivity contribution in [3.63, 3.8) is 0 Å². The Morgan fingerprint density at radius 1 is 1.24 bits per heavy atom. The van der Waals surface area contributed by atoms with Crippen molar-refractivity contribution in [1.29, 1.82) is 5.26 Å². The molecule has 0 heterocycles. The number of ether oxygens (including phenoxy) is 1. The molecule has 0 radical (unpaired) electrons. The topological polar surface area (TPSA) is 45.0 Å². The molecule has 0 atom stereocenters. The van der Waals surface area contributed by atoms with E-state index in [1.807, 2.05) is 6.07 Å². The lowest BCUT2D eigenvalue weighted by Gasteiger charge is -2.11. The fourth-order valence-corrected chi connectivity index (χ4v) is 2.45. The van der Waals surface area contributed by atoms with Crippen LogP contribution >= 0.6 is 23.2 Å². The molecule has 0 bridgehead atoms. The average Bonchev–Trinajstić information content (AvgIpc) is 2.45. The van der Waals surface area contributed by atoms with Crippen molar-refractivity contribution in [2.45, 2.75) is 6.54 Å². The number of methoxy groups -OCH3 is 1. The van der Waals surface area contributed by atoms with Crippen LogP contribution in [0.1, 0.15) is 11.1 Å². The van der Waals surface area contributed by atoms with Gasteiger partial charge in [-0.3, -0.25) is 0 Å². The SMILES string of the molecule is COc1ccc(CNc2c(Cl)cc(F)cc2Cl)cc1C#N. The summed E-state index contributed by atoms with van der Waals surface area (Å²) in [6.07, 6.45) is 0. The van der Waals surface area contributed by atoms with Gasteiger partial charge in [0.2, 0.25) is 0 Å². The molecule has 0 saturated heterocycles. The number of anilines is 1. The largest absolute Gasteiger partial charge is 0.495 e. The van der Waals surface area contributed by atoms with Gasteiger partial charge >= 0.3 is 0 Å². The lowest BCUT2D eigenvalue weighted by Crippen LogP contribution is -2.02. The third-order valence-electron chi connectivity index (χ3n) is 2.86. The molecule has 0 amide bonds. The summed E-state index contributed by atoms with van der Waals surface area (Å²) in [4.78, 5) is 0. The highest BCUT2D eigenvalue weighted by molar-refractivity contribution is 6.39. The average molecular weight is 325 g/mol. The van der Waals surface area contributed by atoms with Crippen molar-refractivity contribution in [3.05, 3.63) is 57.3 Å². The lowest BCUT2D eigenvalue weighted by molar-refractivity contribution is 0.413. The normalized spacial score (nSPS) is 10.0. The maximum Gasteiger partial charge on any atom is 0.136 e. The van der Waals surface area contributed by atoms with Crippen molar-refractivity contribution in [3.8, 4) is 11.8 Å². The van der Waals surface area contributed by atoms with Crippen LogP contribution in [0.2, 0.25) is 10.0 Å². The smallest absolute Gasteiger partial charge is 0.136 e. The van der Waals surface area contributed by atoms with E-state index >= 15 is 0 Å². The van der Waals surface area contributed by atoms with E-state index in [9.17, 15) is 4.39 Å². The number of hydrogen-bond donors (Lipinski definition) is 1. The number of halogens is 3. The standard InChI is InChI=1S/C15H11Cl2FN2O/c1-21-14-3-2-9(4-10(14)7-19)8-20-15-12(16)5-11(18)6-13(15)17/h2-6,20H,8H2,1H3. The molecule has 2 aromatic rings. The predicted octanol–water partition coefficient (Wildman–Crippen LogP) is 4.62. The van der Waals surface area contributed by atoms with E-state index in [2.05, 4.69) is 11.4 Å². The molecule has 0 aliphatic rings. The zero-order valence-corrected chi connectivity index (χ0v) is 12.6. The van der Waals surface area contributed by atoms with Crippen molar-refractivity contribution in [2.24, 2.45) is 0 Å². The van der Waals surface area contributed by atoms with E-state index < -0.39 is 5.82 Å². The van der Waals surface area contributed by atoms with E-state index in [1.165, 1.54) is 19.2 Å². The molecule has 1 N–H and O–H groups in total. The molecule has 6 heteroatoms. The highest BCUT2D eigenvalue weighted by Gasteiger charge is 2.09. The Bertz CT molecular complexity index is 690. The summed E-state index contributed by atoms with van der Waals surface area (Å²) in [7, 11) is 1.51. The molecule has 3 nitrogen and oxygen atoms in total. The van der Waals surface area contributed by atoms with Gasteiger partial charge in [-0.15, -0.1) is 0 Å². The Labute approximate surface area is 131 Å². The Balaban J connectivity index is 2.19. The summed E-state index contributed by atoms with van der Waals surface area (Å²) in [5, 5.41) is 12.5. The summed E-state index contributed by atoms with van der Waals surface area (Å²) >= 11 is 11.9. The first kappa shape index (κ1) is 15.4. The van der Waals surface area contributed by atoms with Gasteiger partial charge in [0.15, 0.2) is 0 Å². The molecule has 2 rings (SSSR count). The summed E-state index contributed by atoms with van der Waals surface area (Å²) in [5.74, 6) is 0.0193. The van der Waals surface area contributed by atoms with Crippen LogP contribution in [-0.2, 0) is 6.54 Å². The van der Waals surface area contributed by atoms with Gasteiger partial charge in [0, 0.05) is 6.54 Å². The van der Waals surface area contributed by atoms with Crippen LogP contribution in [-0.4, -0.2) is 7.11 Å². The number of nitrogens with one attached hydrogen (secondary N) is 1. The van der Waals surface area contributed by atoms with E-state index in [4.69, 9.17) is 33.2 Å². The molecular formula is C15H11Cl2FN2O. The molecule has 2 aromatic carbocycles. The summed E-state index contributed by atoms with van der Waals surface area (Å²) < 4.78 is 18.2. The molecule has 0 unspecified atom stereocenters. The van der Waals surface area contributed by atoms with Crippen LogP contribution in [0, 0.1) is 17.1 Å². The van der Waals surface area contributed by atoms with E-state index in [-0.39, 0.29) is 10.0 Å². The van der Waals surface area contributed by atoms with Gasteiger partial charge in [0.1, 0.15) is 17.6 Å². The molecule has 0 aliphatic carbocycles. The Morgan fingerprint density at radius 2 is 1.90 bits per heavy atom. The highest BCUT2D eigenvalue weighted by Crippen LogP contribution is 2.32. The van der Waals surface area contributed by atoms with E-state index in [1.54, 1.807) is 12.1 Å². The molecular weight excluding hydrogens is 314 g/mol. The second-order valence-electron chi connectivity index (χ2n) is 4.24. The molecule has 0 aromatic heterocycles. The van der Waals surface area contributed by atoms with Gasteiger partial charge in [-0.05, 0) is 29.8 Å². The zero-order chi connectivity index (χ0) is 15.4. The number of rotatable bonds is 4. The maximum absolute atomic E-state index is 13.1. The summed E-state index contributed by atoms with van der Waals surface area (Å²) in [6, 6.07) is 9.67. The molecule has 0 saturated carbocycles. The van der Waals surface area contributed by atoms with Crippen LogP contribution in [0.15, 0.2) is 30.3 Å². The Kier molecular flexibility index (Phi) is 4.89. The van der Waals surface area contributed by atoms with Crippen molar-refractivity contribution < 1.29 is 9.13 Å². The second kappa shape index (κ2) is 6.66. The molecule has 21 heavy (non-hydrogen) atoms. The van der Waals surface area contributed by atoms with Gasteiger partial charge in [0.05, 0.1) is 28.4 Å². The van der Waals surface area contributed by atoms with Gasteiger partial charge in [-0.1, -0.05) is 29.3 Å². The third-order valence-corrected chi connectivity index (χ3v) is 3.46. The molecule has 0 aliphatic heterocycles. The van der Waals surface area contributed by atoms with Crippen molar-refractivity contribution in [1.82, 2.24) is 0 Å². The summed E-state index contributed by atoms with van der Waals surface area (Å²) in [5.41, 5.74) is 1.74. The van der Waals surface area contributed by atoms with E-state index in [0.29, 0.717) is 23.5 Å². The molecule has 0 spiro atoms. The zero-order valence-electron chi connectivity index (χ0n) is 11.1. The fraction of sp³-hybridized carbons (Fsp3) is 0.133. The lowest BCUT2D eigenvalue weighted by atomic mass is 10.1. The summed E-state index contributed by atoms with van der Waals surface area (Å²) in [6.45, 7) is 0.393. The predicted molar refractivity (Wildman–Crippen MR) is 81.5 cm³/mol. The quantitative estimate of drug-likeness (QED) is 0.892. The van der Waals surface area contributed by atoms with Crippen molar-refractivity contribution >= 4 is 28.9 Å². The first-order chi connectivity index (χ1) is 10.0. The maximum atomic E-state index is 13.1. The van der Waals surface area contributed by atoms with Crippen LogP contribution in [0.3, 0.4) is 0 Å². The Hall–Kier alpha value is -1.96. The van der Waals surface area contributed by atoms with Gasteiger partial charge < -0.3 is 10.1 Å². The highest BCUT2D eigenvalue weighted by atomic mass is 35.5. The van der Waals surface area contributed by atoms with E-state index in [0.717, 1.165) is 5.56 Å². The second-order valence-corrected chi connectivity index (χ2v) is 5.06. The van der Waals surface area contributed by atoms with Crippen LogP contribution in [0.25, 0.3) is 0 Å². The minimum absolute atomic E-state index is 0.203. The first-order valence-corrected chi connectivity index (χ1v) is 6.76. The minimum Gasteiger partial charge on any atom is -0.495 e. The van der Waals surface area contributed by atoms with Crippen LogP contribution in [0.4, 0.5) is 10.1 Å². The number of hydrogen-bond acceptors (Lipinski definition) is 3.